The van der Waals surface area contributed by atoms with Gasteiger partial charge in [0.25, 0.3) is 0 Å². The van der Waals surface area contributed by atoms with Crippen molar-refractivity contribution in [1.29, 1.82) is 0 Å². The van der Waals surface area contributed by atoms with Crippen LogP contribution >= 0.6 is 0 Å². The average Bonchev–Trinajstić information content (AvgIpc) is 3.21. The van der Waals surface area contributed by atoms with Gasteiger partial charge in [0, 0.05) is 0 Å². The van der Waals surface area contributed by atoms with Crippen LogP contribution in [0.5, 0.6) is 5.75 Å². The van der Waals surface area contributed by atoms with Crippen LogP contribution < -0.4 is 13.9 Å². The van der Waals surface area contributed by atoms with E-state index in [4.69, 9.17) is 14.6 Å². The molecule has 1 aromatic carbocycles. The van der Waals surface area contributed by atoms with E-state index in [9.17, 15) is 17.9 Å². The molecule has 136 valence electrons. The van der Waals surface area contributed by atoms with Crippen molar-refractivity contribution in [3.63, 3.8) is 0 Å². The maximum atomic E-state index is 12.6. The Hall–Kier alpha value is -1.88. The van der Waals surface area contributed by atoms with E-state index >= 15 is 0 Å². The summed E-state index contributed by atoms with van der Waals surface area (Å²) in [6, 6.07) is 5.82. The minimum absolute atomic E-state index is 0.0518. The Balaban J connectivity index is 1.87. The van der Waals surface area contributed by atoms with Gasteiger partial charge in [-0.15, -0.1) is 0 Å². The molecule has 4 atom stereocenters. The number of aliphatic hydroxyl groups is 3. The third kappa shape index (κ3) is 3.17. The summed E-state index contributed by atoms with van der Waals surface area (Å²) < 4.78 is 36.2. The van der Waals surface area contributed by atoms with E-state index in [1.165, 1.54) is 31.4 Å². The molecule has 3 N–H and O–H groups in total. The average molecular weight is 418 g/mol. The first-order valence-electron chi connectivity index (χ1n) is 7.31. The number of aromatic nitrogens is 3. The second-order valence-electron chi connectivity index (χ2n) is 5.41. The van der Waals surface area contributed by atoms with Gasteiger partial charge in [0.1, 0.15) is 0 Å². The molecule has 1 aliphatic rings. The molecule has 0 unspecified atom stereocenters. The van der Waals surface area contributed by atoms with Crippen molar-refractivity contribution < 1.29 is 32.5 Å². The Kier molecular flexibility index (Phi) is 4.87. The molecule has 1 aliphatic heterocycles. The molecular weight excluding hydrogens is 401 g/mol. The number of aliphatic hydroxyl groups excluding tert-OH is 3. The molecule has 10 nitrogen and oxygen atoms in total. The van der Waals surface area contributed by atoms with Gasteiger partial charge in [0.05, 0.1) is 0 Å². The van der Waals surface area contributed by atoms with Gasteiger partial charge < -0.3 is 0 Å². The van der Waals surface area contributed by atoms with Gasteiger partial charge in [-0.1, -0.05) is 0 Å². The van der Waals surface area contributed by atoms with Crippen LogP contribution in [0, 0.1) is 0 Å². The van der Waals surface area contributed by atoms with Gasteiger partial charge in [-0.3, -0.25) is 0 Å². The van der Waals surface area contributed by atoms with Crippen molar-refractivity contribution >= 4 is 21.9 Å². The van der Waals surface area contributed by atoms with E-state index in [1.807, 2.05) is 0 Å². The van der Waals surface area contributed by atoms with Crippen LogP contribution in [0.2, 0.25) is 0 Å². The van der Waals surface area contributed by atoms with Gasteiger partial charge in [-0.25, -0.2) is 0 Å². The Morgan fingerprint density at radius 2 is 1.92 bits per heavy atom. The van der Waals surface area contributed by atoms with Gasteiger partial charge in [-0.05, 0) is 0 Å². The normalized spacial score (nSPS) is 26.7. The number of rotatable bonds is 5. The molecule has 0 saturated carbocycles. The summed E-state index contributed by atoms with van der Waals surface area (Å²) in [5.41, 5.74) is 0. The molecule has 1 fully saturated rings. The van der Waals surface area contributed by atoms with Gasteiger partial charge in [0.2, 0.25) is 0 Å². The summed E-state index contributed by atoms with van der Waals surface area (Å²) >= 11 is -4.84. The molecule has 0 aliphatic carbocycles. The molecule has 0 bridgehead atoms. The van der Waals surface area contributed by atoms with Crippen molar-refractivity contribution in [1.82, 2.24) is 14.8 Å². The molecule has 2 aromatic rings. The first-order valence-corrected chi connectivity index (χ1v) is 10.4. The van der Waals surface area contributed by atoms with Gasteiger partial charge in [-0.2, -0.15) is 0 Å². The standard InChI is InChI=1S/C14H17N3O7Se/c1-23-8-2-4-9(5-3-8)25(21,22)14-15-7-17(16-14)13-12(20)11(19)10(6-18)24-13/h2-5,7,10-13,18-20H,6H2,1H3/t10-,11-,12-,13-/m1/s1. The molecule has 0 spiro atoms. The molecule has 1 saturated heterocycles. The van der Waals surface area contributed by atoms with E-state index in [0.717, 1.165) is 11.0 Å². The van der Waals surface area contributed by atoms with E-state index < -0.39 is 48.6 Å². The SMILES string of the molecule is COc1ccc([Se](=O)(=O)c2ncn([C@@H]3O[C@H](CO)[C@@H](O)[C@H]3O)n2)cc1. The van der Waals surface area contributed by atoms with Gasteiger partial charge >= 0.3 is 144 Å². The third-order valence-corrected chi connectivity index (χ3v) is 7.15. The Labute approximate surface area is 144 Å². The molecule has 3 rings (SSSR count). The summed E-state index contributed by atoms with van der Waals surface area (Å²) in [6.45, 7) is -0.495. The van der Waals surface area contributed by atoms with Crippen molar-refractivity contribution in [2.75, 3.05) is 13.7 Å². The molecule has 25 heavy (non-hydrogen) atoms. The molecule has 2 heterocycles. The maximum absolute atomic E-state index is 12.6. The number of hydrogen-bond acceptors (Lipinski definition) is 9. The molecule has 11 heteroatoms. The van der Waals surface area contributed by atoms with Crippen LogP contribution in [0.25, 0.3) is 0 Å². The summed E-state index contributed by atoms with van der Waals surface area (Å²) in [6.07, 6.45) is -3.72. The molecule has 0 radical (unpaired) electrons. The van der Waals surface area contributed by atoms with Crippen molar-refractivity contribution in [2.24, 2.45) is 0 Å². The van der Waals surface area contributed by atoms with E-state index in [-0.39, 0.29) is 4.46 Å². The fraction of sp³-hybridized carbons (Fsp3) is 0.429. The van der Waals surface area contributed by atoms with Crippen LogP contribution in [-0.4, -0.2) is 74.8 Å². The zero-order valence-corrected chi connectivity index (χ0v) is 14.8. The number of nitrogens with zero attached hydrogens (tertiary/aromatic N) is 3. The predicted octanol–water partition coefficient (Wildman–Crippen LogP) is -2.68. The molecule has 0 amide bonds. The summed E-state index contributed by atoms with van der Waals surface area (Å²) in [5.74, 6) is 0.515. The summed E-state index contributed by atoms with van der Waals surface area (Å²) in [4.78, 5) is 3.79. The summed E-state index contributed by atoms with van der Waals surface area (Å²) in [7, 11) is 1.47. The van der Waals surface area contributed by atoms with Crippen LogP contribution in [0.4, 0.5) is 0 Å². The fourth-order valence-corrected chi connectivity index (χ4v) is 4.76. The Morgan fingerprint density at radius 1 is 1.24 bits per heavy atom. The van der Waals surface area contributed by atoms with E-state index in [1.54, 1.807) is 0 Å². The van der Waals surface area contributed by atoms with Crippen LogP contribution in [0.3, 0.4) is 0 Å². The number of hydrogen-bond donors (Lipinski definition) is 3. The monoisotopic (exact) mass is 419 g/mol. The second-order valence-corrected chi connectivity index (χ2v) is 9.28. The Morgan fingerprint density at radius 3 is 2.48 bits per heavy atom. The fourth-order valence-electron chi connectivity index (χ4n) is 2.46. The number of methoxy groups -OCH3 is 1. The van der Waals surface area contributed by atoms with Crippen molar-refractivity contribution in [2.45, 2.75) is 24.5 Å². The molecule has 1 aromatic heterocycles. The van der Waals surface area contributed by atoms with Crippen LogP contribution in [0.15, 0.2) is 30.6 Å². The Bertz CT molecular complexity index is 836. The zero-order valence-electron chi connectivity index (χ0n) is 13.1. The van der Waals surface area contributed by atoms with E-state index in [0.29, 0.717) is 5.75 Å². The number of benzene rings is 1. The topological polar surface area (TPSA) is 144 Å². The van der Waals surface area contributed by atoms with Crippen molar-refractivity contribution in [3.05, 3.63) is 30.6 Å². The van der Waals surface area contributed by atoms with Crippen molar-refractivity contribution in [3.8, 4) is 5.75 Å². The van der Waals surface area contributed by atoms with Crippen LogP contribution in [-0.2, 0) is 12.4 Å². The first-order chi connectivity index (χ1) is 11.9. The third-order valence-electron chi connectivity index (χ3n) is 3.88. The predicted molar refractivity (Wildman–Crippen MR) is 82.4 cm³/mol. The molecular formula is C14H17N3O7Se. The zero-order chi connectivity index (χ0) is 18.2. The summed E-state index contributed by atoms with van der Waals surface area (Å²) in [5, 5.41) is 32.7. The first kappa shape index (κ1) is 17.9. The number of ether oxygens (including phenoxy) is 2. The minimum atomic E-state index is -4.84. The second kappa shape index (κ2) is 6.79. The van der Waals surface area contributed by atoms with E-state index in [2.05, 4.69) is 10.1 Å². The quantitative estimate of drug-likeness (QED) is 0.443. The van der Waals surface area contributed by atoms with Crippen LogP contribution in [0.1, 0.15) is 6.23 Å². The van der Waals surface area contributed by atoms with Gasteiger partial charge in [0.15, 0.2) is 0 Å².